The molecule has 1 aliphatic rings. The van der Waals surface area contributed by atoms with E-state index in [2.05, 4.69) is 0 Å². The van der Waals surface area contributed by atoms with Gasteiger partial charge in [-0.15, -0.1) is 0 Å². The minimum absolute atomic E-state index is 0.161. The van der Waals surface area contributed by atoms with Crippen molar-refractivity contribution in [3.05, 3.63) is 35.9 Å². The normalized spacial score (nSPS) is 30.0. The fraction of sp³-hybridized carbons (Fsp3) is 0.417. The molecule has 1 heterocycles. The van der Waals surface area contributed by atoms with Crippen LogP contribution >= 0.6 is 0 Å². The van der Waals surface area contributed by atoms with Crippen LogP contribution in [0.4, 0.5) is 0 Å². The summed E-state index contributed by atoms with van der Waals surface area (Å²) in [7, 11) is 0. The van der Waals surface area contributed by atoms with Gasteiger partial charge in [0.25, 0.3) is 0 Å². The van der Waals surface area contributed by atoms with Gasteiger partial charge in [0.05, 0.1) is 6.10 Å². The molecular weight excluding hydrogens is 176 g/mol. The van der Waals surface area contributed by atoms with Crippen molar-refractivity contribution >= 4 is 5.78 Å². The Balaban J connectivity index is 2.27. The van der Waals surface area contributed by atoms with Crippen molar-refractivity contribution in [1.29, 1.82) is 0 Å². The lowest BCUT2D eigenvalue weighted by Gasteiger charge is -2.10. The quantitative estimate of drug-likeness (QED) is 0.684. The molecule has 1 aromatic carbocycles. The van der Waals surface area contributed by atoms with Gasteiger partial charge in [0, 0.05) is 6.42 Å². The molecule has 0 radical (unpaired) electrons. The van der Waals surface area contributed by atoms with Gasteiger partial charge in [-0.1, -0.05) is 30.3 Å². The maximum absolute atomic E-state index is 11.1. The molecular formula is C12H14O2. The van der Waals surface area contributed by atoms with E-state index >= 15 is 0 Å². The average Bonchev–Trinajstić information content (AvgIpc) is 2.78. The fourth-order valence-electron chi connectivity index (χ4n) is 1.96. The van der Waals surface area contributed by atoms with Gasteiger partial charge in [-0.05, 0) is 19.4 Å². The number of Topliss-reactive ketones (excluding diaryl/α,β-unsaturated/α-hetero) is 1. The number of rotatable bonds is 3. The van der Waals surface area contributed by atoms with Gasteiger partial charge in [-0.2, -0.15) is 0 Å². The van der Waals surface area contributed by atoms with E-state index in [1.165, 1.54) is 0 Å². The monoisotopic (exact) mass is 190 g/mol. The Morgan fingerprint density at radius 3 is 2.43 bits per heavy atom. The first-order valence-corrected chi connectivity index (χ1v) is 4.88. The number of epoxide rings is 1. The third kappa shape index (κ3) is 1.46. The van der Waals surface area contributed by atoms with E-state index in [1.807, 2.05) is 37.3 Å². The molecule has 2 rings (SSSR count). The Labute approximate surface area is 83.9 Å². The molecule has 1 aliphatic heterocycles. The van der Waals surface area contributed by atoms with Gasteiger partial charge in [-0.3, -0.25) is 4.79 Å². The molecule has 2 nitrogen and oxygen atoms in total. The van der Waals surface area contributed by atoms with Crippen molar-refractivity contribution < 1.29 is 9.53 Å². The molecule has 14 heavy (non-hydrogen) atoms. The van der Waals surface area contributed by atoms with Gasteiger partial charge >= 0.3 is 0 Å². The molecule has 74 valence electrons. The van der Waals surface area contributed by atoms with E-state index < -0.39 is 0 Å². The summed E-state index contributed by atoms with van der Waals surface area (Å²) < 4.78 is 5.58. The van der Waals surface area contributed by atoms with Gasteiger partial charge in [-0.25, -0.2) is 0 Å². The Morgan fingerprint density at radius 2 is 2.00 bits per heavy atom. The highest BCUT2D eigenvalue weighted by molar-refractivity contribution is 5.77. The first-order chi connectivity index (χ1) is 6.65. The van der Waals surface area contributed by atoms with Crippen molar-refractivity contribution in [2.45, 2.75) is 32.0 Å². The first kappa shape index (κ1) is 9.41. The highest BCUT2D eigenvalue weighted by Gasteiger charge is 2.55. The molecule has 1 aromatic rings. The largest absolute Gasteiger partial charge is 0.361 e. The predicted molar refractivity (Wildman–Crippen MR) is 54.0 cm³/mol. The molecule has 0 spiro atoms. The van der Waals surface area contributed by atoms with Gasteiger partial charge in [0.1, 0.15) is 11.4 Å². The summed E-state index contributed by atoms with van der Waals surface area (Å²) in [5, 5.41) is 0. The predicted octanol–water partition coefficient (Wildman–Crippen LogP) is 2.28. The average molecular weight is 190 g/mol. The number of carbonyl (C=O) groups is 1. The zero-order valence-corrected chi connectivity index (χ0v) is 8.49. The van der Waals surface area contributed by atoms with Crippen LogP contribution in [0.25, 0.3) is 0 Å². The van der Waals surface area contributed by atoms with Crippen molar-refractivity contribution in [2.75, 3.05) is 0 Å². The molecule has 0 N–H and O–H groups in total. The maximum Gasteiger partial charge on any atom is 0.133 e. The number of hydrogen-bond acceptors (Lipinski definition) is 2. The summed E-state index contributed by atoms with van der Waals surface area (Å²) in [5.74, 6) is 0.179. The van der Waals surface area contributed by atoms with E-state index in [1.54, 1.807) is 6.92 Å². The van der Waals surface area contributed by atoms with E-state index in [-0.39, 0.29) is 17.5 Å². The second kappa shape index (κ2) is 3.21. The molecule has 0 aromatic heterocycles. The summed E-state index contributed by atoms with van der Waals surface area (Å²) in [6.45, 7) is 3.62. The lowest BCUT2D eigenvalue weighted by Crippen LogP contribution is -2.15. The van der Waals surface area contributed by atoms with Crippen LogP contribution in [-0.4, -0.2) is 11.9 Å². The Kier molecular flexibility index (Phi) is 2.16. The third-order valence-electron chi connectivity index (χ3n) is 2.76. The molecule has 0 bridgehead atoms. The number of ketones is 1. The van der Waals surface area contributed by atoms with Crippen LogP contribution < -0.4 is 0 Å². The van der Waals surface area contributed by atoms with Crippen molar-refractivity contribution in [3.63, 3.8) is 0 Å². The van der Waals surface area contributed by atoms with Gasteiger partial charge in [0.15, 0.2) is 0 Å². The number of hydrogen-bond donors (Lipinski definition) is 0. The van der Waals surface area contributed by atoms with Crippen LogP contribution in [0.5, 0.6) is 0 Å². The minimum Gasteiger partial charge on any atom is -0.361 e. The lowest BCUT2D eigenvalue weighted by molar-refractivity contribution is -0.118. The maximum atomic E-state index is 11.1. The highest BCUT2D eigenvalue weighted by Crippen LogP contribution is 2.48. The van der Waals surface area contributed by atoms with Crippen LogP contribution in [0, 0.1) is 0 Å². The Morgan fingerprint density at radius 1 is 1.43 bits per heavy atom. The standard InChI is InChI=1S/C12H14O2/c1-9(13)8-12(10(2)14-12)11-6-4-3-5-7-11/h3-7,10H,8H2,1-2H3. The van der Waals surface area contributed by atoms with Crippen molar-refractivity contribution in [2.24, 2.45) is 0 Å². The van der Waals surface area contributed by atoms with E-state index in [0.29, 0.717) is 6.42 Å². The second-order valence-corrected chi connectivity index (χ2v) is 3.89. The third-order valence-corrected chi connectivity index (χ3v) is 2.76. The van der Waals surface area contributed by atoms with Crippen molar-refractivity contribution in [3.8, 4) is 0 Å². The molecule has 2 atom stereocenters. The van der Waals surface area contributed by atoms with Crippen LogP contribution in [0.1, 0.15) is 25.8 Å². The van der Waals surface area contributed by atoms with Crippen molar-refractivity contribution in [1.82, 2.24) is 0 Å². The van der Waals surface area contributed by atoms with Gasteiger partial charge in [0.2, 0.25) is 0 Å². The van der Waals surface area contributed by atoms with E-state index in [9.17, 15) is 4.79 Å². The second-order valence-electron chi connectivity index (χ2n) is 3.89. The fourth-order valence-corrected chi connectivity index (χ4v) is 1.96. The summed E-state index contributed by atoms with van der Waals surface area (Å²) >= 11 is 0. The number of carbonyl (C=O) groups excluding carboxylic acids is 1. The topological polar surface area (TPSA) is 29.6 Å². The molecule has 0 aliphatic carbocycles. The molecule has 0 saturated carbocycles. The lowest BCUT2D eigenvalue weighted by atomic mass is 9.91. The zero-order chi connectivity index (χ0) is 10.2. The number of ether oxygens (including phenoxy) is 1. The SMILES string of the molecule is CC(=O)CC1(c2ccccc2)OC1C. The highest BCUT2D eigenvalue weighted by atomic mass is 16.6. The molecule has 2 heteroatoms. The van der Waals surface area contributed by atoms with E-state index in [0.717, 1.165) is 5.56 Å². The van der Waals surface area contributed by atoms with Crippen LogP contribution in [0.3, 0.4) is 0 Å². The first-order valence-electron chi connectivity index (χ1n) is 4.88. The van der Waals surface area contributed by atoms with Crippen LogP contribution in [-0.2, 0) is 15.1 Å². The smallest absolute Gasteiger partial charge is 0.133 e. The number of benzene rings is 1. The minimum atomic E-state index is -0.326. The summed E-state index contributed by atoms with van der Waals surface area (Å²) in [5.41, 5.74) is 0.787. The molecule has 1 fully saturated rings. The van der Waals surface area contributed by atoms with Crippen LogP contribution in [0.15, 0.2) is 30.3 Å². The van der Waals surface area contributed by atoms with Gasteiger partial charge < -0.3 is 4.74 Å². The summed E-state index contributed by atoms with van der Waals surface area (Å²) in [6.07, 6.45) is 0.645. The zero-order valence-electron chi connectivity index (χ0n) is 8.49. The molecule has 0 amide bonds. The molecule has 1 saturated heterocycles. The summed E-state index contributed by atoms with van der Waals surface area (Å²) in [6, 6.07) is 9.97. The van der Waals surface area contributed by atoms with E-state index in [4.69, 9.17) is 4.74 Å². The molecule has 2 unspecified atom stereocenters. The Hall–Kier alpha value is -1.15. The van der Waals surface area contributed by atoms with Crippen LogP contribution in [0.2, 0.25) is 0 Å². The summed E-state index contributed by atoms with van der Waals surface area (Å²) in [4.78, 5) is 11.1. The Bertz CT molecular complexity index is 345.